The lowest BCUT2D eigenvalue weighted by Crippen LogP contribution is -2.37. The number of esters is 1. The normalized spacial score (nSPS) is 22.2. The van der Waals surface area contributed by atoms with Crippen LogP contribution in [0.3, 0.4) is 0 Å². The highest BCUT2D eigenvalue weighted by atomic mass is 32.2. The Morgan fingerprint density at radius 1 is 0.968 bits per heavy atom. The molecule has 0 saturated carbocycles. The molecule has 7 heteroatoms. The minimum Gasteiger partial charge on any atom is -0.468 e. The van der Waals surface area contributed by atoms with Crippen molar-refractivity contribution in [3.63, 3.8) is 0 Å². The standard InChI is InChI=1S/C24H23FN2O3S/c1-16-8-14-20(15-9-16)31(29)27-22(17-10-12-19(25)13-11-17)21(24(28)30-2)26-23(27)18-6-4-3-5-7-18/h3-15,21-23,26H,1-2H3/t21-,22+,23-,31-/m0/s1. The molecule has 31 heavy (non-hydrogen) atoms. The van der Waals surface area contributed by atoms with Gasteiger partial charge in [0.2, 0.25) is 0 Å². The first-order valence-corrected chi connectivity index (χ1v) is 11.0. The smallest absolute Gasteiger partial charge is 0.324 e. The Bertz CT molecular complexity index is 1070. The summed E-state index contributed by atoms with van der Waals surface area (Å²) in [5, 5.41) is 3.30. The molecule has 1 heterocycles. The maximum atomic E-state index is 13.8. The van der Waals surface area contributed by atoms with E-state index in [9.17, 15) is 13.4 Å². The minimum absolute atomic E-state index is 0.379. The lowest BCUT2D eigenvalue weighted by molar-refractivity contribution is -0.143. The van der Waals surface area contributed by atoms with Crippen molar-refractivity contribution >= 4 is 17.0 Å². The molecule has 1 fully saturated rings. The van der Waals surface area contributed by atoms with E-state index in [1.54, 1.807) is 16.4 Å². The summed E-state index contributed by atoms with van der Waals surface area (Å²) in [5.41, 5.74) is 2.59. The van der Waals surface area contributed by atoms with Crippen LogP contribution in [0.1, 0.15) is 28.9 Å². The van der Waals surface area contributed by atoms with Gasteiger partial charge in [0.15, 0.2) is 0 Å². The zero-order valence-corrected chi connectivity index (χ0v) is 18.0. The molecule has 1 saturated heterocycles. The van der Waals surface area contributed by atoms with Crippen LogP contribution in [0.2, 0.25) is 0 Å². The van der Waals surface area contributed by atoms with Gasteiger partial charge in [0.25, 0.3) is 0 Å². The van der Waals surface area contributed by atoms with E-state index < -0.39 is 35.2 Å². The van der Waals surface area contributed by atoms with E-state index in [1.165, 1.54) is 19.2 Å². The van der Waals surface area contributed by atoms with Crippen molar-refractivity contribution in [2.24, 2.45) is 0 Å². The van der Waals surface area contributed by atoms with Gasteiger partial charge in [0.1, 0.15) is 22.8 Å². The highest BCUT2D eigenvalue weighted by Crippen LogP contribution is 2.41. The number of rotatable bonds is 5. The van der Waals surface area contributed by atoms with E-state index >= 15 is 0 Å². The summed E-state index contributed by atoms with van der Waals surface area (Å²) in [4.78, 5) is 13.3. The molecule has 0 radical (unpaired) electrons. The van der Waals surface area contributed by atoms with Crippen LogP contribution < -0.4 is 5.32 Å². The van der Waals surface area contributed by atoms with Crippen molar-refractivity contribution in [3.05, 3.63) is 101 Å². The van der Waals surface area contributed by atoms with Crippen molar-refractivity contribution < 1.29 is 18.1 Å². The van der Waals surface area contributed by atoms with Crippen LogP contribution in [0, 0.1) is 12.7 Å². The summed E-state index contributed by atoms with van der Waals surface area (Å²) < 4.78 is 34.2. The second kappa shape index (κ2) is 9.09. The fraction of sp³-hybridized carbons (Fsp3) is 0.208. The van der Waals surface area contributed by atoms with Gasteiger partial charge in [-0.05, 0) is 42.3 Å². The van der Waals surface area contributed by atoms with Gasteiger partial charge in [-0.15, -0.1) is 0 Å². The molecule has 4 atom stereocenters. The number of halogens is 1. The van der Waals surface area contributed by atoms with Crippen molar-refractivity contribution in [1.29, 1.82) is 0 Å². The van der Waals surface area contributed by atoms with Crippen LogP contribution in [-0.2, 0) is 20.5 Å². The zero-order chi connectivity index (χ0) is 22.0. The van der Waals surface area contributed by atoms with Crippen LogP contribution in [0.25, 0.3) is 0 Å². The Kier molecular flexibility index (Phi) is 6.27. The van der Waals surface area contributed by atoms with Crippen molar-refractivity contribution in [1.82, 2.24) is 9.62 Å². The fourth-order valence-electron chi connectivity index (χ4n) is 3.82. The number of benzene rings is 3. The fourth-order valence-corrected chi connectivity index (χ4v) is 5.26. The number of carbonyl (C=O) groups excluding carboxylic acids is 1. The first-order valence-electron chi connectivity index (χ1n) is 9.91. The SMILES string of the molecule is COC(=O)[C@H]1N[C@H](c2ccccc2)N([S@@](=O)c2ccc(C)cc2)[C@@H]1c1ccc(F)cc1. The van der Waals surface area contributed by atoms with Crippen molar-refractivity contribution in [3.8, 4) is 0 Å². The highest BCUT2D eigenvalue weighted by Gasteiger charge is 2.49. The largest absolute Gasteiger partial charge is 0.468 e. The summed E-state index contributed by atoms with van der Waals surface area (Å²) in [7, 11) is -0.281. The molecule has 0 bridgehead atoms. The molecule has 1 aliphatic rings. The van der Waals surface area contributed by atoms with E-state index in [4.69, 9.17) is 4.74 Å². The number of carbonyl (C=O) groups is 1. The third-order valence-corrected chi connectivity index (χ3v) is 6.87. The number of aryl methyl sites for hydroxylation is 1. The van der Waals surface area contributed by atoms with E-state index in [0.717, 1.165) is 11.1 Å². The molecular weight excluding hydrogens is 415 g/mol. The minimum atomic E-state index is -1.60. The predicted octanol–water partition coefficient (Wildman–Crippen LogP) is 4.04. The first-order chi connectivity index (χ1) is 15.0. The number of methoxy groups -OCH3 is 1. The summed E-state index contributed by atoms with van der Waals surface area (Å²) in [5.74, 6) is -0.853. The molecule has 0 spiro atoms. The van der Waals surface area contributed by atoms with Crippen LogP contribution in [0.4, 0.5) is 4.39 Å². The molecule has 0 aromatic heterocycles. The highest BCUT2D eigenvalue weighted by molar-refractivity contribution is 7.82. The Labute approximate surface area is 183 Å². The summed E-state index contributed by atoms with van der Waals surface area (Å²) in [6.07, 6.45) is -0.512. The first kappa shape index (κ1) is 21.4. The van der Waals surface area contributed by atoms with Gasteiger partial charge in [-0.3, -0.25) is 10.1 Å². The number of nitrogens with one attached hydrogen (secondary N) is 1. The van der Waals surface area contributed by atoms with Gasteiger partial charge in [-0.2, -0.15) is 4.31 Å². The molecule has 3 aromatic rings. The zero-order valence-electron chi connectivity index (χ0n) is 17.2. The van der Waals surface area contributed by atoms with E-state index in [2.05, 4.69) is 5.32 Å². The molecule has 3 aromatic carbocycles. The maximum absolute atomic E-state index is 13.8. The Morgan fingerprint density at radius 3 is 2.23 bits per heavy atom. The van der Waals surface area contributed by atoms with Gasteiger partial charge >= 0.3 is 5.97 Å². The van der Waals surface area contributed by atoms with E-state index in [0.29, 0.717) is 10.5 Å². The molecule has 4 rings (SSSR count). The quantitative estimate of drug-likeness (QED) is 0.611. The van der Waals surface area contributed by atoms with Crippen molar-refractivity contribution in [2.75, 3.05) is 7.11 Å². The van der Waals surface area contributed by atoms with E-state index in [1.807, 2.05) is 61.5 Å². The van der Waals surface area contributed by atoms with Gasteiger partial charge in [-0.25, -0.2) is 8.60 Å². The van der Waals surface area contributed by atoms with Gasteiger partial charge < -0.3 is 4.74 Å². The molecule has 1 aliphatic heterocycles. The average Bonchev–Trinajstić information content (AvgIpc) is 3.20. The second-order valence-corrected chi connectivity index (χ2v) is 8.79. The van der Waals surface area contributed by atoms with Crippen LogP contribution in [0.5, 0.6) is 0 Å². The number of nitrogens with zero attached hydrogens (tertiary/aromatic N) is 1. The molecule has 1 N–H and O–H groups in total. The second-order valence-electron chi connectivity index (χ2n) is 7.40. The number of hydrogen-bond acceptors (Lipinski definition) is 4. The number of hydrogen-bond donors (Lipinski definition) is 1. The van der Waals surface area contributed by atoms with Gasteiger partial charge in [-0.1, -0.05) is 60.2 Å². The Balaban J connectivity index is 1.85. The molecular formula is C24H23FN2O3S. The molecule has 160 valence electrons. The van der Waals surface area contributed by atoms with Gasteiger partial charge in [0, 0.05) is 0 Å². The molecule has 0 aliphatic carbocycles. The van der Waals surface area contributed by atoms with Crippen LogP contribution in [0.15, 0.2) is 83.8 Å². The summed E-state index contributed by atoms with van der Waals surface area (Å²) >= 11 is 0. The van der Waals surface area contributed by atoms with Gasteiger partial charge in [0.05, 0.1) is 24.2 Å². The lowest BCUT2D eigenvalue weighted by Gasteiger charge is -2.29. The predicted molar refractivity (Wildman–Crippen MR) is 117 cm³/mol. The topological polar surface area (TPSA) is 58.6 Å². The van der Waals surface area contributed by atoms with Crippen molar-refractivity contribution in [2.45, 2.75) is 30.1 Å². The summed E-state index contributed by atoms with van der Waals surface area (Å²) in [6.45, 7) is 1.96. The monoisotopic (exact) mass is 438 g/mol. The van der Waals surface area contributed by atoms with Crippen LogP contribution >= 0.6 is 0 Å². The van der Waals surface area contributed by atoms with E-state index in [-0.39, 0.29) is 5.82 Å². The summed E-state index contributed by atoms with van der Waals surface area (Å²) in [6, 6.07) is 21.5. The Hall–Kier alpha value is -2.87. The average molecular weight is 439 g/mol. The third-order valence-electron chi connectivity index (χ3n) is 5.38. The molecule has 5 nitrogen and oxygen atoms in total. The Morgan fingerprint density at radius 2 is 1.61 bits per heavy atom. The number of ether oxygens (including phenoxy) is 1. The third kappa shape index (κ3) is 4.30. The maximum Gasteiger partial charge on any atom is 0.324 e. The van der Waals surface area contributed by atoms with Crippen LogP contribution in [-0.4, -0.2) is 27.6 Å². The molecule has 0 amide bonds. The molecule has 0 unspecified atom stereocenters. The lowest BCUT2D eigenvalue weighted by atomic mass is 10.0.